The number of alkyl halides is 3. The monoisotopic (exact) mass is 429 g/mol. The highest BCUT2D eigenvalue weighted by atomic mass is 32.2. The topological polar surface area (TPSA) is 96.6 Å². The number of anilines is 2. The molecule has 158 valence electrons. The van der Waals surface area contributed by atoms with Gasteiger partial charge in [0, 0.05) is 12.7 Å². The molecule has 1 unspecified atom stereocenters. The molecule has 0 aliphatic heterocycles. The van der Waals surface area contributed by atoms with Crippen LogP contribution in [0.5, 0.6) is 0 Å². The van der Waals surface area contributed by atoms with Crippen LogP contribution >= 0.6 is 11.9 Å². The van der Waals surface area contributed by atoms with Gasteiger partial charge in [0.15, 0.2) is 0 Å². The Bertz CT molecular complexity index is 834. The standard InChI is InChI=1S/C19H22F3N3O3S/c1-28-10-13-5-3-7-15(23)18(13)24-11-29-25-16(9-17(26)27)12-4-2-6-14(8-12)19(20,21)22/h2-8,16,24-25H,9-11,23H2,1H3,(H,26,27). The van der Waals surface area contributed by atoms with E-state index >= 15 is 0 Å². The second kappa shape index (κ2) is 10.4. The summed E-state index contributed by atoms with van der Waals surface area (Å²) < 4.78 is 46.9. The molecule has 0 heterocycles. The number of para-hydroxylation sites is 1. The number of rotatable bonds is 10. The second-order valence-electron chi connectivity index (χ2n) is 6.17. The Hall–Kier alpha value is -2.43. The maximum atomic E-state index is 13.0. The summed E-state index contributed by atoms with van der Waals surface area (Å²) in [5.41, 5.74) is 7.47. The minimum Gasteiger partial charge on any atom is -0.481 e. The first-order chi connectivity index (χ1) is 13.7. The van der Waals surface area contributed by atoms with E-state index in [4.69, 9.17) is 15.6 Å². The van der Waals surface area contributed by atoms with Crippen LogP contribution in [0.2, 0.25) is 0 Å². The molecule has 5 N–H and O–H groups in total. The molecular formula is C19H22F3N3O3S. The highest BCUT2D eigenvalue weighted by molar-refractivity contribution is 7.97. The maximum absolute atomic E-state index is 13.0. The second-order valence-corrected chi connectivity index (χ2v) is 6.98. The third-order valence-electron chi connectivity index (χ3n) is 4.02. The van der Waals surface area contributed by atoms with Crippen molar-refractivity contribution in [3.8, 4) is 0 Å². The number of nitrogens with two attached hydrogens (primary N) is 1. The molecule has 1 atom stereocenters. The van der Waals surface area contributed by atoms with E-state index in [0.29, 0.717) is 23.9 Å². The number of carboxylic acid groups (broad SMARTS) is 1. The van der Waals surface area contributed by atoms with E-state index in [1.807, 2.05) is 6.07 Å². The molecule has 10 heteroatoms. The van der Waals surface area contributed by atoms with Crippen LogP contribution < -0.4 is 15.8 Å². The molecule has 2 rings (SSSR count). The molecule has 0 bridgehead atoms. The van der Waals surface area contributed by atoms with E-state index in [2.05, 4.69) is 10.0 Å². The molecule has 6 nitrogen and oxygen atoms in total. The van der Waals surface area contributed by atoms with Crippen molar-refractivity contribution in [3.63, 3.8) is 0 Å². The van der Waals surface area contributed by atoms with Gasteiger partial charge in [-0.3, -0.25) is 9.52 Å². The first kappa shape index (κ1) is 22.9. The fourth-order valence-electron chi connectivity index (χ4n) is 2.70. The number of carbonyl (C=O) groups is 1. The van der Waals surface area contributed by atoms with Crippen LogP contribution in [0.15, 0.2) is 42.5 Å². The molecule has 0 radical (unpaired) electrons. The van der Waals surface area contributed by atoms with Crippen LogP contribution in [0.4, 0.5) is 24.5 Å². The molecule has 29 heavy (non-hydrogen) atoms. The van der Waals surface area contributed by atoms with Gasteiger partial charge in [-0.05, 0) is 23.8 Å². The summed E-state index contributed by atoms with van der Waals surface area (Å²) in [6, 6.07) is 9.23. The smallest absolute Gasteiger partial charge is 0.416 e. The summed E-state index contributed by atoms with van der Waals surface area (Å²) in [5, 5.41) is 12.3. The third kappa shape index (κ3) is 6.84. The summed E-state index contributed by atoms with van der Waals surface area (Å²) in [6.07, 6.45) is -4.86. The lowest BCUT2D eigenvalue weighted by molar-refractivity contribution is -0.138. The highest BCUT2D eigenvalue weighted by Crippen LogP contribution is 2.32. The Morgan fingerprint density at radius 1 is 1.28 bits per heavy atom. The van der Waals surface area contributed by atoms with Gasteiger partial charge in [-0.15, -0.1) is 0 Å². The van der Waals surface area contributed by atoms with Crippen molar-refractivity contribution in [2.75, 3.05) is 24.0 Å². The van der Waals surface area contributed by atoms with Crippen molar-refractivity contribution in [2.45, 2.75) is 25.2 Å². The minimum absolute atomic E-state index is 0.244. The van der Waals surface area contributed by atoms with E-state index in [1.165, 1.54) is 12.1 Å². The summed E-state index contributed by atoms with van der Waals surface area (Å²) in [6.45, 7) is 0.358. The van der Waals surface area contributed by atoms with E-state index < -0.39 is 23.8 Å². The SMILES string of the molecule is COCc1cccc(N)c1NCSNC(CC(=O)O)c1cccc(C(F)(F)F)c1. The van der Waals surface area contributed by atoms with Gasteiger partial charge in [0.2, 0.25) is 0 Å². The lowest BCUT2D eigenvalue weighted by Gasteiger charge is -2.19. The third-order valence-corrected chi connectivity index (χ3v) is 4.76. The Balaban J connectivity index is 2.05. The van der Waals surface area contributed by atoms with Gasteiger partial charge in [0.05, 0.1) is 41.9 Å². The predicted octanol–water partition coefficient (Wildman–Crippen LogP) is 4.26. The zero-order chi connectivity index (χ0) is 21.4. The first-order valence-electron chi connectivity index (χ1n) is 8.58. The van der Waals surface area contributed by atoms with Crippen molar-refractivity contribution in [2.24, 2.45) is 0 Å². The Morgan fingerprint density at radius 2 is 2.00 bits per heavy atom. The van der Waals surface area contributed by atoms with Crippen molar-refractivity contribution >= 4 is 29.3 Å². The van der Waals surface area contributed by atoms with Crippen molar-refractivity contribution in [1.82, 2.24) is 4.72 Å². The molecule has 0 saturated carbocycles. The molecule has 0 fully saturated rings. The van der Waals surface area contributed by atoms with E-state index in [-0.39, 0.29) is 12.0 Å². The molecule has 2 aromatic carbocycles. The Morgan fingerprint density at radius 3 is 2.66 bits per heavy atom. The molecule has 0 aromatic heterocycles. The number of halogens is 3. The average molecular weight is 429 g/mol. The number of hydrogen-bond acceptors (Lipinski definition) is 6. The lowest BCUT2D eigenvalue weighted by atomic mass is 10.0. The van der Waals surface area contributed by atoms with Gasteiger partial charge in [-0.1, -0.05) is 36.2 Å². The van der Waals surface area contributed by atoms with Crippen molar-refractivity contribution in [3.05, 3.63) is 59.2 Å². The largest absolute Gasteiger partial charge is 0.481 e. The minimum atomic E-state index is -4.50. The van der Waals surface area contributed by atoms with Gasteiger partial charge >= 0.3 is 12.1 Å². The number of aliphatic carboxylic acids is 1. The summed E-state index contributed by atoms with van der Waals surface area (Å²) in [5.74, 6) is -0.817. The molecule has 0 spiro atoms. The normalized spacial score (nSPS) is 12.6. The maximum Gasteiger partial charge on any atom is 0.416 e. The first-order valence-corrected chi connectivity index (χ1v) is 9.57. The van der Waals surface area contributed by atoms with Crippen LogP contribution in [0, 0.1) is 0 Å². The van der Waals surface area contributed by atoms with Gasteiger partial charge in [-0.2, -0.15) is 13.2 Å². The number of methoxy groups -OCH3 is 1. The zero-order valence-electron chi connectivity index (χ0n) is 15.6. The molecule has 0 amide bonds. The zero-order valence-corrected chi connectivity index (χ0v) is 16.4. The van der Waals surface area contributed by atoms with Crippen LogP contribution in [0.1, 0.15) is 29.2 Å². The van der Waals surface area contributed by atoms with Crippen LogP contribution in [0.3, 0.4) is 0 Å². The molecule has 0 aliphatic rings. The molecular weight excluding hydrogens is 407 g/mol. The van der Waals surface area contributed by atoms with Crippen LogP contribution in [0.25, 0.3) is 0 Å². The Labute approximate surface area is 170 Å². The van der Waals surface area contributed by atoms with Crippen molar-refractivity contribution < 1.29 is 27.8 Å². The van der Waals surface area contributed by atoms with E-state index in [0.717, 1.165) is 29.6 Å². The molecule has 0 aliphatic carbocycles. The predicted molar refractivity (Wildman–Crippen MR) is 107 cm³/mol. The van der Waals surface area contributed by atoms with Gasteiger partial charge in [0.1, 0.15) is 0 Å². The lowest BCUT2D eigenvalue weighted by Crippen LogP contribution is -2.20. The quantitative estimate of drug-likeness (QED) is 0.194. The van der Waals surface area contributed by atoms with Gasteiger partial charge in [0.25, 0.3) is 0 Å². The van der Waals surface area contributed by atoms with Gasteiger partial charge < -0.3 is 20.9 Å². The van der Waals surface area contributed by atoms with Gasteiger partial charge in [-0.25, -0.2) is 0 Å². The summed E-state index contributed by atoms with van der Waals surface area (Å²) >= 11 is 1.14. The number of hydrogen-bond donors (Lipinski definition) is 4. The summed E-state index contributed by atoms with van der Waals surface area (Å²) in [7, 11) is 1.56. The van der Waals surface area contributed by atoms with Crippen molar-refractivity contribution in [1.29, 1.82) is 0 Å². The fourth-order valence-corrected chi connectivity index (χ4v) is 3.42. The van der Waals surface area contributed by atoms with Crippen LogP contribution in [-0.2, 0) is 22.3 Å². The number of nitrogen functional groups attached to an aromatic ring is 1. The highest BCUT2D eigenvalue weighted by Gasteiger charge is 2.31. The van der Waals surface area contributed by atoms with Crippen LogP contribution in [-0.4, -0.2) is 24.1 Å². The average Bonchev–Trinajstić information content (AvgIpc) is 2.65. The molecule has 2 aromatic rings. The molecule has 0 saturated heterocycles. The Kier molecular flexibility index (Phi) is 8.18. The number of benzene rings is 2. The summed E-state index contributed by atoms with van der Waals surface area (Å²) in [4.78, 5) is 11.2. The van der Waals surface area contributed by atoms with E-state index in [1.54, 1.807) is 19.2 Å². The number of carboxylic acids is 1. The fraction of sp³-hybridized carbons (Fsp3) is 0.316. The number of nitrogens with one attached hydrogen (secondary N) is 2. The number of ether oxygens (including phenoxy) is 1. The van der Waals surface area contributed by atoms with E-state index in [9.17, 15) is 18.0 Å².